The van der Waals surface area contributed by atoms with Crippen molar-refractivity contribution in [3.8, 4) is 0 Å². The Hall–Kier alpha value is 1.19. The van der Waals surface area contributed by atoms with E-state index < -0.39 is 6.16 Å². The molecule has 72 valence electrons. The lowest BCUT2D eigenvalue weighted by atomic mass is 10.8. The van der Waals surface area contributed by atoms with E-state index in [1.165, 1.54) is 0 Å². The molecule has 0 rings (SSSR count). The Bertz CT molecular complexity index is 129. The minimum atomic E-state index is -0.711. The predicted octanol–water partition coefficient (Wildman–Crippen LogP) is 3.37. The summed E-state index contributed by atoms with van der Waals surface area (Å²) >= 11 is 12.4. The maximum absolute atomic E-state index is 10.8. The maximum Gasteiger partial charge on any atom is 0.510 e. The minimum Gasteiger partial charge on any atom is -0.418 e. The molecule has 7 heteroatoms. The summed E-state index contributed by atoms with van der Waals surface area (Å²) in [6.07, 6.45) is -0.711. The van der Waals surface area contributed by atoms with Crippen molar-refractivity contribution in [3.63, 3.8) is 0 Å². The molecule has 2 unspecified atom stereocenters. The second-order valence-electron chi connectivity index (χ2n) is 1.61. The first-order valence-corrected chi connectivity index (χ1v) is 6.95. The lowest BCUT2D eigenvalue weighted by Crippen LogP contribution is -2.19. The van der Waals surface area contributed by atoms with Gasteiger partial charge in [-0.15, -0.1) is 0 Å². The van der Waals surface area contributed by atoms with E-state index >= 15 is 0 Å². The molecule has 0 spiro atoms. The molecule has 2 atom stereocenters. The number of ether oxygens (including phenoxy) is 2. The third-order valence-electron chi connectivity index (χ3n) is 0.691. The number of carbonyl (C=O) groups excluding carboxylic acids is 1. The summed E-state index contributed by atoms with van der Waals surface area (Å²) in [6.45, 7) is 0. The Morgan fingerprint density at radius 3 is 1.67 bits per heavy atom. The molecule has 0 saturated carbocycles. The predicted molar refractivity (Wildman–Crippen MR) is 60.6 cm³/mol. The van der Waals surface area contributed by atoms with E-state index in [9.17, 15) is 4.79 Å². The zero-order valence-electron chi connectivity index (χ0n) is 5.81. The molecule has 3 nitrogen and oxygen atoms in total. The Morgan fingerprint density at radius 2 is 1.42 bits per heavy atom. The molecule has 0 heterocycles. The zero-order chi connectivity index (χ0) is 9.56. The SMILES string of the molecule is O=C(OC(Br)CBr)OC(Br)CBr. The third-order valence-corrected chi connectivity index (χ3v) is 4.63. The van der Waals surface area contributed by atoms with Crippen molar-refractivity contribution in [3.05, 3.63) is 0 Å². The van der Waals surface area contributed by atoms with Gasteiger partial charge in [-0.05, 0) is 31.9 Å². The summed E-state index contributed by atoms with van der Waals surface area (Å²) in [5.41, 5.74) is 0. The van der Waals surface area contributed by atoms with Gasteiger partial charge < -0.3 is 9.47 Å². The molecule has 0 bridgehead atoms. The Balaban J connectivity index is 3.59. The van der Waals surface area contributed by atoms with E-state index in [0.717, 1.165) is 0 Å². The molecule has 0 aromatic heterocycles. The van der Waals surface area contributed by atoms with Crippen LogP contribution < -0.4 is 0 Å². The van der Waals surface area contributed by atoms with Gasteiger partial charge >= 0.3 is 6.16 Å². The van der Waals surface area contributed by atoms with Crippen LogP contribution in [-0.2, 0) is 9.47 Å². The monoisotopic (exact) mass is 430 g/mol. The molecule has 0 saturated heterocycles. The molecule has 0 aromatic rings. The highest BCUT2D eigenvalue weighted by Crippen LogP contribution is 2.10. The summed E-state index contributed by atoms with van der Waals surface area (Å²) in [4.78, 5) is 10.8. The van der Waals surface area contributed by atoms with Crippen LogP contribution in [0.2, 0.25) is 0 Å². The fourth-order valence-electron chi connectivity index (χ4n) is 0.300. The highest BCUT2D eigenvalue weighted by Gasteiger charge is 2.14. The van der Waals surface area contributed by atoms with Crippen molar-refractivity contribution in [2.75, 3.05) is 10.7 Å². The summed E-state index contributed by atoms with van der Waals surface area (Å²) < 4.78 is 9.46. The van der Waals surface area contributed by atoms with E-state index in [4.69, 9.17) is 9.47 Å². The van der Waals surface area contributed by atoms with Gasteiger partial charge in [0.1, 0.15) is 0 Å². The molecule has 0 aromatic carbocycles. The second kappa shape index (κ2) is 7.58. The first-order chi connectivity index (χ1) is 5.60. The van der Waals surface area contributed by atoms with Gasteiger partial charge in [-0.25, -0.2) is 4.79 Å². The molecule has 0 N–H and O–H groups in total. The van der Waals surface area contributed by atoms with Gasteiger partial charge in [0, 0.05) is 0 Å². The van der Waals surface area contributed by atoms with Gasteiger partial charge in [0.2, 0.25) is 0 Å². The number of hydrogen-bond acceptors (Lipinski definition) is 3. The fourth-order valence-corrected chi connectivity index (χ4v) is 0.869. The molecular weight excluding hydrogens is 428 g/mol. The Kier molecular flexibility index (Phi) is 8.33. The van der Waals surface area contributed by atoms with Crippen molar-refractivity contribution in [2.45, 2.75) is 10.0 Å². The highest BCUT2D eigenvalue weighted by atomic mass is 79.9. The van der Waals surface area contributed by atoms with E-state index in [0.29, 0.717) is 10.7 Å². The molecule has 0 aliphatic heterocycles. The minimum absolute atomic E-state index is 0.361. The van der Waals surface area contributed by atoms with Gasteiger partial charge in [0.25, 0.3) is 0 Å². The van der Waals surface area contributed by atoms with Crippen LogP contribution in [0.4, 0.5) is 4.79 Å². The van der Waals surface area contributed by atoms with Crippen LogP contribution in [0.1, 0.15) is 0 Å². The van der Waals surface area contributed by atoms with Crippen LogP contribution in [-0.4, -0.2) is 26.8 Å². The first kappa shape index (κ1) is 13.2. The van der Waals surface area contributed by atoms with Crippen LogP contribution >= 0.6 is 63.7 Å². The summed E-state index contributed by atoms with van der Waals surface area (Å²) in [5.74, 6) is 0. The number of carbonyl (C=O) groups is 1. The highest BCUT2D eigenvalue weighted by molar-refractivity contribution is 9.12. The molecular formula is C5H6Br4O3. The molecule has 0 radical (unpaired) electrons. The molecule has 0 amide bonds. The van der Waals surface area contributed by atoms with Gasteiger partial charge in [-0.3, -0.25) is 0 Å². The van der Waals surface area contributed by atoms with Crippen molar-refractivity contribution >= 4 is 69.9 Å². The third kappa shape index (κ3) is 6.68. The largest absolute Gasteiger partial charge is 0.510 e. The number of rotatable bonds is 4. The summed E-state index contributed by atoms with van der Waals surface area (Å²) in [6, 6.07) is 0. The topological polar surface area (TPSA) is 35.5 Å². The zero-order valence-corrected chi connectivity index (χ0v) is 12.1. The first-order valence-electron chi connectivity index (χ1n) is 2.87. The van der Waals surface area contributed by atoms with Crippen molar-refractivity contribution in [1.82, 2.24) is 0 Å². The standard InChI is InChI=1S/C5H6Br4O3/c6-1-3(8)11-5(10)12-4(9)2-7/h3-4H,1-2H2. The van der Waals surface area contributed by atoms with Gasteiger partial charge in [0.05, 0.1) is 10.7 Å². The van der Waals surface area contributed by atoms with Crippen LogP contribution in [0, 0.1) is 0 Å². The molecule has 0 fully saturated rings. The van der Waals surface area contributed by atoms with Gasteiger partial charge in [-0.2, -0.15) is 0 Å². The average Bonchev–Trinajstić information content (AvgIpc) is 2.03. The van der Waals surface area contributed by atoms with Crippen LogP contribution in [0.15, 0.2) is 0 Å². The molecule has 0 aliphatic rings. The Morgan fingerprint density at radius 1 is 1.08 bits per heavy atom. The Labute approximate surface area is 104 Å². The van der Waals surface area contributed by atoms with E-state index in [2.05, 4.69) is 63.7 Å². The summed E-state index contributed by atoms with van der Waals surface area (Å²) in [7, 11) is 0. The molecule has 12 heavy (non-hydrogen) atoms. The maximum atomic E-state index is 10.8. The molecule has 0 aliphatic carbocycles. The van der Waals surface area contributed by atoms with Crippen molar-refractivity contribution in [2.24, 2.45) is 0 Å². The summed E-state index contributed by atoms with van der Waals surface area (Å²) in [5, 5.41) is 0.312. The van der Waals surface area contributed by atoms with E-state index in [-0.39, 0.29) is 10.0 Å². The number of hydrogen-bond donors (Lipinski definition) is 0. The fraction of sp³-hybridized carbons (Fsp3) is 0.800. The van der Waals surface area contributed by atoms with Crippen molar-refractivity contribution < 1.29 is 14.3 Å². The van der Waals surface area contributed by atoms with Crippen LogP contribution in [0.25, 0.3) is 0 Å². The van der Waals surface area contributed by atoms with E-state index in [1.54, 1.807) is 0 Å². The van der Waals surface area contributed by atoms with E-state index in [1.807, 2.05) is 0 Å². The smallest absolute Gasteiger partial charge is 0.418 e. The van der Waals surface area contributed by atoms with Gasteiger partial charge in [-0.1, -0.05) is 31.9 Å². The van der Waals surface area contributed by atoms with Crippen molar-refractivity contribution in [1.29, 1.82) is 0 Å². The number of halogens is 4. The number of alkyl halides is 4. The lowest BCUT2D eigenvalue weighted by molar-refractivity contribution is 0.0526. The quantitative estimate of drug-likeness (QED) is 0.504. The van der Waals surface area contributed by atoms with Crippen LogP contribution in [0.5, 0.6) is 0 Å². The second-order valence-corrected chi connectivity index (χ2v) is 4.95. The lowest BCUT2D eigenvalue weighted by Gasteiger charge is -2.11. The average molecular weight is 434 g/mol. The normalized spacial score (nSPS) is 15.0. The van der Waals surface area contributed by atoms with Crippen LogP contribution in [0.3, 0.4) is 0 Å². The van der Waals surface area contributed by atoms with Gasteiger partial charge in [0.15, 0.2) is 10.0 Å².